The second kappa shape index (κ2) is 6.99. The van der Waals surface area contributed by atoms with E-state index >= 15 is 0 Å². The Balaban J connectivity index is 0.000000371. The maximum Gasteiger partial charge on any atom is 0.0319 e. The molecule has 0 bridgehead atoms. The molecule has 10 heavy (non-hydrogen) atoms. The van der Waals surface area contributed by atoms with Crippen LogP contribution in [0, 0.1) is 0 Å². The smallest absolute Gasteiger partial charge is 0.0319 e. The minimum Gasteiger partial charge on any atom is -0.400 e. The minimum atomic E-state index is 0.774. The Kier molecular flexibility index (Phi) is 6.91. The van der Waals surface area contributed by atoms with Crippen LogP contribution >= 0.6 is 0 Å². The third-order valence-electron chi connectivity index (χ3n) is 1.75. The Morgan fingerprint density at radius 3 is 2.10 bits per heavy atom. The number of aliphatic hydroxyl groups excluding tert-OH is 1. The lowest BCUT2D eigenvalue weighted by Gasteiger charge is -2.21. The number of piperidine rings is 1. The molecule has 1 fully saturated rings. The molecule has 3 heteroatoms. The van der Waals surface area contributed by atoms with Crippen LogP contribution in [0.1, 0.15) is 12.8 Å². The third kappa shape index (κ3) is 3.82. The van der Waals surface area contributed by atoms with Crippen LogP contribution in [-0.2, 0) is 0 Å². The van der Waals surface area contributed by atoms with E-state index in [1.54, 1.807) is 0 Å². The van der Waals surface area contributed by atoms with Gasteiger partial charge < -0.3 is 15.7 Å². The van der Waals surface area contributed by atoms with Crippen LogP contribution in [0.3, 0.4) is 0 Å². The Morgan fingerprint density at radius 1 is 1.30 bits per heavy atom. The first-order chi connectivity index (χ1) is 4.93. The highest BCUT2D eigenvalue weighted by atomic mass is 16.2. The van der Waals surface area contributed by atoms with Gasteiger partial charge in [-0.15, -0.1) is 0 Å². The molecule has 1 heterocycles. The second-order valence-corrected chi connectivity index (χ2v) is 2.31. The Morgan fingerprint density at radius 2 is 1.80 bits per heavy atom. The molecule has 0 spiro atoms. The van der Waals surface area contributed by atoms with E-state index in [1.165, 1.54) is 25.9 Å². The normalized spacial score (nSPS) is 19.5. The number of hydrogen-bond donors (Lipinski definition) is 3. The average molecular weight is 146 g/mol. The summed E-state index contributed by atoms with van der Waals surface area (Å²) in [6, 6.07) is 0.774. The summed E-state index contributed by atoms with van der Waals surface area (Å²) in [5.41, 5.74) is 0. The van der Waals surface area contributed by atoms with Gasteiger partial charge in [0.2, 0.25) is 0 Å². The highest BCUT2D eigenvalue weighted by molar-refractivity contribution is 4.71. The lowest BCUT2D eigenvalue weighted by molar-refractivity contribution is 0.399. The van der Waals surface area contributed by atoms with Crippen molar-refractivity contribution in [2.24, 2.45) is 0 Å². The molecule has 1 rings (SSSR count). The van der Waals surface area contributed by atoms with Gasteiger partial charge in [-0.1, -0.05) is 0 Å². The van der Waals surface area contributed by atoms with Crippen molar-refractivity contribution in [2.45, 2.75) is 18.9 Å². The highest BCUT2D eigenvalue weighted by Crippen LogP contribution is 1.99. The van der Waals surface area contributed by atoms with Crippen molar-refractivity contribution in [1.82, 2.24) is 10.6 Å². The Hall–Kier alpha value is -0.120. The van der Waals surface area contributed by atoms with Crippen LogP contribution < -0.4 is 10.6 Å². The fourth-order valence-corrected chi connectivity index (χ4v) is 1.11. The maximum absolute atomic E-state index is 7.00. The highest BCUT2D eigenvalue weighted by Gasteiger charge is 2.08. The van der Waals surface area contributed by atoms with Crippen LogP contribution in [0.2, 0.25) is 0 Å². The molecular weight excluding hydrogens is 128 g/mol. The molecule has 3 nitrogen and oxygen atoms in total. The van der Waals surface area contributed by atoms with Gasteiger partial charge in [0.05, 0.1) is 0 Å². The van der Waals surface area contributed by atoms with E-state index in [9.17, 15) is 0 Å². The SMILES string of the molecule is CNC1CCNCC1.CO. The molecule has 0 aromatic rings. The molecule has 0 radical (unpaired) electrons. The standard InChI is InChI=1S/C6H14N2.CH4O/c1-7-6-2-4-8-5-3-6;1-2/h6-8H,2-5H2,1H3;2H,1H3. The molecule has 1 aliphatic heterocycles. The maximum atomic E-state index is 7.00. The molecule has 0 amide bonds. The van der Waals surface area contributed by atoms with Gasteiger partial charge >= 0.3 is 0 Å². The summed E-state index contributed by atoms with van der Waals surface area (Å²) in [5, 5.41) is 13.6. The molecule has 0 atom stereocenters. The monoisotopic (exact) mass is 146 g/mol. The summed E-state index contributed by atoms with van der Waals surface area (Å²) < 4.78 is 0. The fraction of sp³-hybridized carbons (Fsp3) is 1.00. The lowest BCUT2D eigenvalue weighted by atomic mass is 10.1. The van der Waals surface area contributed by atoms with Crippen molar-refractivity contribution in [3.05, 3.63) is 0 Å². The van der Waals surface area contributed by atoms with Crippen LogP contribution in [0.15, 0.2) is 0 Å². The van der Waals surface area contributed by atoms with Crippen molar-refractivity contribution in [1.29, 1.82) is 0 Å². The molecule has 0 aliphatic carbocycles. The van der Waals surface area contributed by atoms with Crippen LogP contribution in [0.25, 0.3) is 0 Å². The van der Waals surface area contributed by atoms with Crippen LogP contribution in [0.4, 0.5) is 0 Å². The largest absolute Gasteiger partial charge is 0.400 e. The predicted octanol–water partition coefficient (Wildman–Crippen LogP) is -0.434. The van der Waals surface area contributed by atoms with Gasteiger partial charge in [-0.3, -0.25) is 0 Å². The molecule has 0 aromatic heterocycles. The quantitative estimate of drug-likeness (QED) is 0.470. The zero-order valence-corrected chi connectivity index (χ0v) is 6.85. The van der Waals surface area contributed by atoms with Gasteiger partial charge in [-0.05, 0) is 33.0 Å². The molecule has 1 saturated heterocycles. The van der Waals surface area contributed by atoms with Crippen molar-refractivity contribution in [2.75, 3.05) is 27.2 Å². The molecule has 3 N–H and O–H groups in total. The van der Waals surface area contributed by atoms with E-state index < -0.39 is 0 Å². The molecule has 0 aromatic carbocycles. The van der Waals surface area contributed by atoms with Gasteiger partial charge in [-0.2, -0.15) is 0 Å². The first-order valence-electron chi connectivity index (χ1n) is 3.76. The fourth-order valence-electron chi connectivity index (χ4n) is 1.11. The number of rotatable bonds is 1. The predicted molar refractivity (Wildman–Crippen MR) is 43.1 cm³/mol. The minimum absolute atomic E-state index is 0.774. The zero-order chi connectivity index (χ0) is 7.82. The Bertz CT molecular complexity index is 62.6. The number of hydrogen-bond acceptors (Lipinski definition) is 3. The first-order valence-corrected chi connectivity index (χ1v) is 3.76. The number of nitrogens with one attached hydrogen (secondary N) is 2. The molecular formula is C7H18N2O. The van der Waals surface area contributed by atoms with E-state index in [2.05, 4.69) is 10.6 Å². The summed E-state index contributed by atoms with van der Waals surface area (Å²) in [7, 11) is 3.04. The van der Waals surface area contributed by atoms with Gasteiger partial charge in [0.25, 0.3) is 0 Å². The van der Waals surface area contributed by atoms with Gasteiger partial charge in [0.1, 0.15) is 0 Å². The van der Waals surface area contributed by atoms with Crippen LogP contribution in [-0.4, -0.2) is 38.4 Å². The molecule has 0 saturated carbocycles. The summed E-state index contributed by atoms with van der Waals surface area (Å²) in [6.45, 7) is 2.37. The topological polar surface area (TPSA) is 44.3 Å². The summed E-state index contributed by atoms with van der Waals surface area (Å²) in [4.78, 5) is 0. The molecule has 0 unspecified atom stereocenters. The third-order valence-corrected chi connectivity index (χ3v) is 1.75. The first kappa shape index (κ1) is 9.88. The summed E-state index contributed by atoms with van der Waals surface area (Å²) in [6.07, 6.45) is 2.58. The van der Waals surface area contributed by atoms with Crippen molar-refractivity contribution < 1.29 is 5.11 Å². The molecule has 1 aliphatic rings. The van der Waals surface area contributed by atoms with E-state index in [0.29, 0.717) is 0 Å². The van der Waals surface area contributed by atoms with Crippen molar-refractivity contribution in [3.63, 3.8) is 0 Å². The summed E-state index contributed by atoms with van der Waals surface area (Å²) >= 11 is 0. The van der Waals surface area contributed by atoms with E-state index in [-0.39, 0.29) is 0 Å². The van der Waals surface area contributed by atoms with Gasteiger partial charge in [-0.25, -0.2) is 0 Å². The Labute approximate surface area is 62.8 Å². The second-order valence-electron chi connectivity index (χ2n) is 2.31. The van der Waals surface area contributed by atoms with Gasteiger partial charge in [0, 0.05) is 13.2 Å². The van der Waals surface area contributed by atoms with E-state index in [1.807, 2.05) is 7.05 Å². The van der Waals surface area contributed by atoms with Crippen molar-refractivity contribution in [3.8, 4) is 0 Å². The van der Waals surface area contributed by atoms with Gasteiger partial charge in [0.15, 0.2) is 0 Å². The zero-order valence-electron chi connectivity index (χ0n) is 6.85. The lowest BCUT2D eigenvalue weighted by Crippen LogP contribution is -2.37. The van der Waals surface area contributed by atoms with Crippen molar-refractivity contribution >= 4 is 0 Å². The van der Waals surface area contributed by atoms with E-state index in [4.69, 9.17) is 5.11 Å². The van der Waals surface area contributed by atoms with Crippen LogP contribution in [0.5, 0.6) is 0 Å². The number of aliphatic hydroxyl groups is 1. The summed E-state index contributed by atoms with van der Waals surface area (Å²) in [5.74, 6) is 0. The molecule has 62 valence electrons. The van der Waals surface area contributed by atoms with E-state index in [0.717, 1.165) is 13.2 Å². The average Bonchev–Trinajstić information content (AvgIpc) is 2.10.